The van der Waals surface area contributed by atoms with Gasteiger partial charge in [-0.3, -0.25) is 19.3 Å². The van der Waals surface area contributed by atoms with E-state index in [1.54, 1.807) is 29.4 Å². The number of likely N-dealkylation sites (tertiary alicyclic amines) is 1. The molecule has 3 amide bonds. The van der Waals surface area contributed by atoms with Gasteiger partial charge in [-0.05, 0) is 31.0 Å². The van der Waals surface area contributed by atoms with Gasteiger partial charge >= 0.3 is 0 Å². The van der Waals surface area contributed by atoms with Crippen molar-refractivity contribution in [2.45, 2.75) is 18.9 Å². The second-order valence-electron chi connectivity index (χ2n) is 6.06. The topological polar surface area (TPSA) is 86.4 Å². The number of rotatable bonds is 2. The van der Waals surface area contributed by atoms with Crippen LogP contribution >= 0.6 is 0 Å². The second kappa shape index (κ2) is 5.30. The molecule has 1 N–H and O–H groups in total. The Morgan fingerprint density at radius 2 is 2.04 bits per heavy atom. The van der Waals surface area contributed by atoms with Crippen LogP contribution in [0.4, 0.5) is 0 Å². The number of hydrogen-bond acceptors (Lipinski definition) is 4. The molecule has 0 bridgehead atoms. The summed E-state index contributed by atoms with van der Waals surface area (Å²) in [6, 6.07) is 4.62. The van der Waals surface area contributed by atoms with Crippen molar-refractivity contribution in [2.24, 2.45) is 0 Å². The number of carbonyl (C=O) groups is 3. The third-order valence-corrected chi connectivity index (χ3v) is 4.69. The van der Waals surface area contributed by atoms with E-state index in [9.17, 15) is 14.4 Å². The molecule has 0 unspecified atom stereocenters. The number of hydrogen-bond donors (Lipinski definition) is 1. The zero-order valence-corrected chi connectivity index (χ0v) is 13.2. The number of carbonyl (C=O) groups excluding carboxylic acids is 3. The second-order valence-corrected chi connectivity index (χ2v) is 6.06. The van der Waals surface area contributed by atoms with Gasteiger partial charge in [-0.25, -0.2) is 4.98 Å². The Labute approximate surface area is 138 Å². The van der Waals surface area contributed by atoms with Crippen molar-refractivity contribution in [2.75, 3.05) is 13.6 Å². The zero-order valence-electron chi connectivity index (χ0n) is 13.2. The van der Waals surface area contributed by atoms with Gasteiger partial charge in [-0.1, -0.05) is 0 Å². The van der Waals surface area contributed by atoms with Gasteiger partial charge in [-0.15, -0.1) is 0 Å². The first-order valence-corrected chi connectivity index (χ1v) is 7.84. The summed E-state index contributed by atoms with van der Waals surface area (Å²) in [4.78, 5) is 47.1. The summed E-state index contributed by atoms with van der Waals surface area (Å²) in [6.07, 6.45) is 5.17. The Bertz CT molecular complexity index is 844. The fourth-order valence-corrected chi connectivity index (χ4v) is 3.41. The van der Waals surface area contributed by atoms with E-state index in [1.165, 1.54) is 13.1 Å². The summed E-state index contributed by atoms with van der Waals surface area (Å²) in [5, 5.41) is 0. The Morgan fingerprint density at radius 3 is 2.79 bits per heavy atom. The number of aromatic nitrogens is 2. The highest BCUT2D eigenvalue weighted by atomic mass is 16.2. The first-order chi connectivity index (χ1) is 11.6. The summed E-state index contributed by atoms with van der Waals surface area (Å²) in [5.41, 5.74) is 1.06. The van der Waals surface area contributed by atoms with E-state index in [-0.39, 0.29) is 23.8 Å². The molecule has 1 atom stereocenters. The number of nitrogens with one attached hydrogen (secondary N) is 1. The van der Waals surface area contributed by atoms with Crippen LogP contribution in [0.1, 0.15) is 55.8 Å². The first-order valence-electron chi connectivity index (χ1n) is 7.84. The zero-order chi connectivity index (χ0) is 16.8. The lowest BCUT2D eigenvalue weighted by atomic mass is 10.0. The molecule has 2 aromatic rings. The summed E-state index contributed by atoms with van der Waals surface area (Å²) >= 11 is 0. The number of imidazole rings is 1. The predicted molar refractivity (Wildman–Crippen MR) is 84.5 cm³/mol. The lowest BCUT2D eigenvalue weighted by Crippen LogP contribution is -2.31. The largest absolute Gasteiger partial charge is 0.347 e. The molecule has 1 saturated heterocycles. The lowest BCUT2D eigenvalue weighted by molar-refractivity contribution is 0.0691. The van der Waals surface area contributed by atoms with E-state index >= 15 is 0 Å². The molecule has 1 aromatic carbocycles. The number of fused-ring (bicyclic) bond motifs is 1. The van der Waals surface area contributed by atoms with Crippen LogP contribution in [0, 0.1) is 0 Å². The normalized spacial score (nSPS) is 20.0. The van der Waals surface area contributed by atoms with Gasteiger partial charge in [0.05, 0.1) is 17.2 Å². The molecule has 24 heavy (non-hydrogen) atoms. The van der Waals surface area contributed by atoms with Gasteiger partial charge < -0.3 is 9.88 Å². The van der Waals surface area contributed by atoms with Crippen LogP contribution < -0.4 is 0 Å². The summed E-state index contributed by atoms with van der Waals surface area (Å²) < 4.78 is 0. The van der Waals surface area contributed by atoms with Gasteiger partial charge in [0.25, 0.3) is 17.7 Å². The highest BCUT2D eigenvalue weighted by Crippen LogP contribution is 2.32. The average Bonchev–Trinajstić information content (AvgIpc) is 3.32. The van der Waals surface area contributed by atoms with Gasteiger partial charge in [0, 0.05) is 31.5 Å². The number of amides is 3. The number of nitrogens with zero attached hydrogens (tertiary/aromatic N) is 3. The Hall–Kier alpha value is -2.96. The monoisotopic (exact) mass is 324 g/mol. The van der Waals surface area contributed by atoms with Crippen LogP contribution in [0.15, 0.2) is 30.6 Å². The number of benzene rings is 1. The van der Waals surface area contributed by atoms with Crippen LogP contribution in [0.2, 0.25) is 0 Å². The van der Waals surface area contributed by atoms with E-state index in [0.29, 0.717) is 23.2 Å². The maximum Gasteiger partial charge on any atom is 0.261 e. The van der Waals surface area contributed by atoms with Crippen LogP contribution in [0.25, 0.3) is 0 Å². The molecule has 0 radical (unpaired) electrons. The van der Waals surface area contributed by atoms with E-state index in [2.05, 4.69) is 9.97 Å². The molecule has 1 aromatic heterocycles. The molecule has 7 heteroatoms. The number of H-pyrrole nitrogens is 1. The molecule has 122 valence electrons. The average molecular weight is 324 g/mol. The summed E-state index contributed by atoms with van der Waals surface area (Å²) in [5.74, 6) is -0.0724. The van der Waals surface area contributed by atoms with Crippen molar-refractivity contribution in [3.8, 4) is 0 Å². The smallest absolute Gasteiger partial charge is 0.261 e. The SMILES string of the molecule is CN1C(=O)c2ccc(C(=O)N3CCC[C@@H]3c3ncc[nH]3)cc2C1=O. The third kappa shape index (κ3) is 2.05. The van der Waals surface area contributed by atoms with E-state index in [1.807, 2.05) is 0 Å². The number of imide groups is 1. The summed E-state index contributed by atoms with van der Waals surface area (Å²) in [7, 11) is 1.44. The third-order valence-electron chi connectivity index (χ3n) is 4.69. The fourth-order valence-electron chi connectivity index (χ4n) is 3.41. The quantitative estimate of drug-likeness (QED) is 0.850. The highest BCUT2D eigenvalue weighted by molar-refractivity contribution is 6.21. The predicted octanol–water partition coefficient (Wildman–Crippen LogP) is 1.61. The maximum atomic E-state index is 12.9. The van der Waals surface area contributed by atoms with Crippen molar-refractivity contribution in [3.05, 3.63) is 53.1 Å². The Morgan fingerprint density at radius 1 is 1.25 bits per heavy atom. The van der Waals surface area contributed by atoms with Gasteiger partial charge in [0.2, 0.25) is 0 Å². The van der Waals surface area contributed by atoms with E-state index in [0.717, 1.165) is 23.6 Å². The molecular weight excluding hydrogens is 308 g/mol. The molecule has 2 aliphatic rings. The van der Waals surface area contributed by atoms with Crippen molar-refractivity contribution in [1.29, 1.82) is 0 Å². The molecule has 1 fully saturated rings. The van der Waals surface area contributed by atoms with Gasteiger partial charge in [0.1, 0.15) is 5.82 Å². The molecule has 0 saturated carbocycles. The molecule has 7 nitrogen and oxygen atoms in total. The van der Waals surface area contributed by atoms with Crippen LogP contribution in [0.5, 0.6) is 0 Å². The minimum absolute atomic E-state index is 0.0826. The molecule has 3 heterocycles. The fraction of sp³-hybridized carbons (Fsp3) is 0.294. The minimum atomic E-state index is -0.367. The van der Waals surface area contributed by atoms with Crippen LogP contribution in [-0.4, -0.2) is 51.1 Å². The Kier molecular flexibility index (Phi) is 3.23. The van der Waals surface area contributed by atoms with Crippen molar-refractivity contribution in [3.63, 3.8) is 0 Å². The van der Waals surface area contributed by atoms with Crippen LogP contribution in [0.3, 0.4) is 0 Å². The molecule has 0 spiro atoms. The molecule has 4 rings (SSSR count). The standard InChI is InChI=1S/C17H16N4O3/c1-20-16(23)11-5-4-10(9-12(11)17(20)24)15(22)21-8-2-3-13(21)14-18-6-7-19-14/h4-7,9,13H,2-3,8H2,1H3,(H,18,19)/t13-/m1/s1. The van der Waals surface area contributed by atoms with Crippen molar-refractivity contribution in [1.82, 2.24) is 19.8 Å². The molecular formula is C17H16N4O3. The summed E-state index contributed by atoms with van der Waals surface area (Å²) in [6.45, 7) is 0.647. The first kappa shape index (κ1) is 14.6. The molecule has 0 aliphatic carbocycles. The van der Waals surface area contributed by atoms with Gasteiger partial charge in [0.15, 0.2) is 0 Å². The molecule has 2 aliphatic heterocycles. The van der Waals surface area contributed by atoms with Crippen molar-refractivity contribution < 1.29 is 14.4 Å². The lowest BCUT2D eigenvalue weighted by Gasteiger charge is -2.23. The van der Waals surface area contributed by atoms with Gasteiger partial charge in [-0.2, -0.15) is 0 Å². The van der Waals surface area contributed by atoms with E-state index < -0.39 is 0 Å². The van der Waals surface area contributed by atoms with Crippen LogP contribution in [-0.2, 0) is 0 Å². The Balaban J connectivity index is 1.66. The van der Waals surface area contributed by atoms with E-state index in [4.69, 9.17) is 0 Å². The highest BCUT2D eigenvalue weighted by Gasteiger charge is 2.36. The maximum absolute atomic E-state index is 12.9. The minimum Gasteiger partial charge on any atom is -0.347 e. The van der Waals surface area contributed by atoms with Crippen molar-refractivity contribution >= 4 is 17.7 Å². The number of aromatic amines is 1.